The van der Waals surface area contributed by atoms with Crippen LogP contribution in [0.15, 0.2) is 58.1 Å². The Labute approximate surface area is 198 Å². The molecule has 3 heterocycles. The van der Waals surface area contributed by atoms with Crippen molar-refractivity contribution in [3.05, 3.63) is 86.2 Å². The zero-order valence-corrected chi connectivity index (χ0v) is 19.0. The Kier molecular flexibility index (Phi) is 5.48. The molecule has 2 aromatic carbocycles. The maximum atomic E-state index is 12.8. The first-order valence-electron chi connectivity index (χ1n) is 10.8. The number of Topliss-reactive ketones (excluding diaryl/α,β-unsaturated/α-hetero) is 1. The number of fused-ring (bicyclic) bond motifs is 2. The number of H-pyrrole nitrogens is 1. The second-order valence-electron chi connectivity index (χ2n) is 8.12. The molecule has 0 radical (unpaired) electrons. The molecule has 4 aromatic rings. The predicted molar refractivity (Wildman–Crippen MR) is 125 cm³/mol. The number of nitrogens with one attached hydrogen (secondary N) is 1. The lowest BCUT2D eigenvalue weighted by Gasteiger charge is -2.11. The summed E-state index contributed by atoms with van der Waals surface area (Å²) in [6.07, 6.45) is 0. The van der Waals surface area contributed by atoms with E-state index in [2.05, 4.69) is 5.10 Å². The number of hydrogen-bond acceptors (Lipinski definition) is 7. The lowest BCUT2D eigenvalue weighted by Crippen LogP contribution is -2.33. The molecule has 0 saturated heterocycles. The number of benzene rings is 2. The third kappa shape index (κ3) is 3.99. The SMILES string of the molecule is Cc1cc(C(=O)COC(=O)Cn2[nH]c(=O)c3ccccc3c2=O)c(C)n1-c1ccc2c(c1)OCO2. The second-order valence-corrected chi connectivity index (χ2v) is 8.12. The van der Waals surface area contributed by atoms with E-state index in [0.29, 0.717) is 22.8 Å². The predicted octanol–water partition coefficient (Wildman–Crippen LogP) is 2.25. The summed E-state index contributed by atoms with van der Waals surface area (Å²) in [5.41, 5.74) is 1.67. The highest BCUT2D eigenvalue weighted by molar-refractivity contribution is 5.99. The fraction of sp³-hybridized carbons (Fsp3) is 0.200. The molecule has 2 aromatic heterocycles. The number of nitrogens with zero attached hydrogens (tertiary/aromatic N) is 2. The zero-order chi connectivity index (χ0) is 24.7. The van der Waals surface area contributed by atoms with Crippen LogP contribution in [0, 0.1) is 13.8 Å². The van der Waals surface area contributed by atoms with Crippen molar-refractivity contribution < 1.29 is 23.8 Å². The maximum Gasteiger partial charge on any atom is 0.328 e. The van der Waals surface area contributed by atoms with Gasteiger partial charge in [0.05, 0.1) is 10.8 Å². The van der Waals surface area contributed by atoms with Crippen molar-refractivity contribution in [3.8, 4) is 17.2 Å². The van der Waals surface area contributed by atoms with E-state index >= 15 is 0 Å². The van der Waals surface area contributed by atoms with Crippen LogP contribution >= 0.6 is 0 Å². The normalized spacial score (nSPS) is 12.2. The van der Waals surface area contributed by atoms with Crippen molar-refractivity contribution in [1.82, 2.24) is 14.3 Å². The molecule has 10 nitrogen and oxygen atoms in total. The van der Waals surface area contributed by atoms with Crippen LogP contribution < -0.4 is 20.6 Å². The van der Waals surface area contributed by atoms with Crippen LogP contribution in [0.1, 0.15) is 21.7 Å². The molecule has 0 aliphatic carbocycles. The monoisotopic (exact) mass is 475 g/mol. The minimum atomic E-state index is -0.823. The van der Waals surface area contributed by atoms with Gasteiger partial charge in [-0.1, -0.05) is 12.1 Å². The van der Waals surface area contributed by atoms with Crippen molar-refractivity contribution in [2.75, 3.05) is 13.4 Å². The van der Waals surface area contributed by atoms with Crippen molar-refractivity contribution in [2.24, 2.45) is 0 Å². The molecule has 5 rings (SSSR count). The highest BCUT2D eigenvalue weighted by Gasteiger charge is 2.21. The fourth-order valence-electron chi connectivity index (χ4n) is 4.22. The standard InChI is InChI=1S/C25H21N3O7/c1-14-9-19(15(2)28(14)16-7-8-21-22(10-16)35-13-34-21)20(29)12-33-23(30)11-27-25(32)18-6-4-3-5-17(18)24(31)26-27/h3-10H,11-13H2,1-2H3,(H,26,31). The molecule has 0 bridgehead atoms. The number of carbonyl (C=O) groups excluding carboxylic acids is 2. The Morgan fingerprint density at radius 3 is 2.54 bits per heavy atom. The highest BCUT2D eigenvalue weighted by atomic mass is 16.7. The van der Waals surface area contributed by atoms with Gasteiger partial charge in [0.1, 0.15) is 6.54 Å². The van der Waals surface area contributed by atoms with E-state index in [9.17, 15) is 19.2 Å². The molecule has 0 amide bonds. The van der Waals surface area contributed by atoms with Crippen molar-refractivity contribution in [1.29, 1.82) is 0 Å². The summed E-state index contributed by atoms with van der Waals surface area (Å²) < 4.78 is 18.7. The number of hydrogen-bond donors (Lipinski definition) is 1. The Morgan fingerprint density at radius 2 is 1.74 bits per heavy atom. The summed E-state index contributed by atoms with van der Waals surface area (Å²) in [6, 6.07) is 13.5. The van der Waals surface area contributed by atoms with E-state index in [0.717, 1.165) is 16.1 Å². The summed E-state index contributed by atoms with van der Waals surface area (Å²) in [6.45, 7) is 2.80. The fourth-order valence-corrected chi connectivity index (χ4v) is 4.22. The van der Waals surface area contributed by atoms with Gasteiger partial charge in [-0.25, -0.2) is 4.68 Å². The van der Waals surface area contributed by atoms with Gasteiger partial charge in [0.15, 0.2) is 18.1 Å². The molecule has 0 spiro atoms. The molecule has 178 valence electrons. The van der Waals surface area contributed by atoms with Crippen LogP contribution in [0.5, 0.6) is 11.5 Å². The van der Waals surface area contributed by atoms with Crippen molar-refractivity contribution in [2.45, 2.75) is 20.4 Å². The van der Waals surface area contributed by atoms with Crippen molar-refractivity contribution in [3.63, 3.8) is 0 Å². The average molecular weight is 475 g/mol. The largest absolute Gasteiger partial charge is 0.456 e. The summed E-state index contributed by atoms with van der Waals surface area (Å²) in [7, 11) is 0. The zero-order valence-electron chi connectivity index (χ0n) is 19.0. The Hall–Kier alpha value is -4.60. The van der Waals surface area contributed by atoms with Gasteiger partial charge in [-0.05, 0) is 44.2 Å². The summed E-state index contributed by atoms with van der Waals surface area (Å²) in [5.74, 6) is 0.0684. The first kappa shape index (κ1) is 22.2. The summed E-state index contributed by atoms with van der Waals surface area (Å²) >= 11 is 0. The number of carbonyl (C=O) groups is 2. The third-order valence-electron chi connectivity index (χ3n) is 5.88. The Bertz CT molecular complexity index is 1610. The molecular formula is C25H21N3O7. The van der Waals surface area contributed by atoms with Gasteiger partial charge < -0.3 is 18.8 Å². The van der Waals surface area contributed by atoms with E-state index in [-0.39, 0.29) is 17.6 Å². The number of aryl methyl sites for hydroxylation is 1. The lowest BCUT2D eigenvalue weighted by atomic mass is 10.1. The van der Waals surface area contributed by atoms with Crippen LogP contribution in [0.4, 0.5) is 0 Å². The van der Waals surface area contributed by atoms with Crippen LogP contribution in [0.3, 0.4) is 0 Å². The van der Waals surface area contributed by atoms with E-state index in [1.54, 1.807) is 31.2 Å². The molecule has 10 heteroatoms. The maximum absolute atomic E-state index is 12.8. The molecule has 1 aliphatic heterocycles. The van der Waals surface area contributed by atoms with Gasteiger partial charge >= 0.3 is 5.97 Å². The number of ether oxygens (including phenoxy) is 3. The van der Waals surface area contributed by atoms with Crippen molar-refractivity contribution >= 4 is 22.5 Å². The molecule has 0 unspecified atom stereocenters. The van der Waals surface area contributed by atoms with Gasteiger partial charge in [0.2, 0.25) is 12.6 Å². The summed E-state index contributed by atoms with van der Waals surface area (Å²) in [4.78, 5) is 49.9. The molecule has 35 heavy (non-hydrogen) atoms. The van der Waals surface area contributed by atoms with Crippen LogP contribution in [-0.2, 0) is 16.1 Å². The smallest absolute Gasteiger partial charge is 0.328 e. The first-order valence-corrected chi connectivity index (χ1v) is 10.8. The van der Waals surface area contributed by atoms with Gasteiger partial charge in [0, 0.05) is 28.7 Å². The highest BCUT2D eigenvalue weighted by Crippen LogP contribution is 2.34. The molecule has 0 fully saturated rings. The lowest BCUT2D eigenvalue weighted by molar-refractivity contribution is -0.143. The van der Waals surface area contributed by atoms with E-state index in [1.807, 2.05) is 23.6 Å². The molecule has 0 atom stereocenters. The molecule has 1 N–H and O–H groups in total. The Balaban J connectivity index is 1.31. The molecule has 0 saturated carbocycles. The number of ketones is 1. The molecular weight excluding hydrogens is 454 g/mol. The second kappa shape index (κ2) is 8.64. The topological polar surface area (TPSA) is 122 Å². The van der Waals surface area contributed by atoms with E-state index in [4.69, 9.17) is 14.2 Å². The van der Waals surface area contributed by atoms with Gasteiger partial charge in [0.25, 0.3) is 11.1 Å². The minimum Gasteiger partial charge on any atom is -0.456 e. The number of esters is 1. The number of rotatable bonds is 6. The Morgan fingerprint density at radius 1 is 1.00 bits per heavy atom. The number of aromatic amines is 1. The van der Waals surface area contributed by atoms with Crippen LogP contribution in [-0.4, -0.2) is 39.5 Å². The van der Waals surface area contributed by atoms with Gasteiger partial charge in [-0.15, -0.1) is 0 Å². The number of aromatic nitrogens is 3. The quantitative estimate of drug-likeness (QED) is 0.335. The first-order chi connectivity index (χ1) is 16.8. The van der Waals surface area contributed by atoms with Gasteiger partial charge in [-0.2, -0.15) is 0 Å². The van der Waals surface area contributed by atoms with E-state index < -0.39 is 36.0 Å². The van der Waals surface area contributed by atoms with Crippen LogP contribution in [0.25, 0.3) is 16.5 Å². The average Bonchev–Trinajstić information content (AvgIpc) is 3.44. The van der Waals surface area contributed by atoms with Gasteiger partial charge in [-0.3, -0.25) is 24.3 Å². The van der Waals surface area contributed by atoms with E-state index in [1.165, 1.54) is 12.1 Å². The minimum absolute atomic E-state index is 0.163. The summed E-state index contributed by atoms with van der Waals surface area (Å²) in [5, 5.41) is 2.79. The molecule has 1 aliphatic rings. The van der Waals surface area contributed by atoms with Crippen LogP contribution in [0.2, 0.25) is 0 Å². The third-order valence-corrected chi connectivity index (χ3v) is 5.88.